The van der Waals surface area contributed by atoms with Crippen molar-refractivity contribution in [3.8, 4) is 5.75 Å². The van der Waals surface area contributed by atoms with Gasteiger partial charge in [-0.2, -0.15) is 0 Å². The highest BCUT2D eigenvalue weighted by Gasteiger charge is 2.12. The number of aldehydes is 1. The first-order valence-electron chi connectivity index (χ1n) is 11.3. The lowest BCUT2D eigenvalue weighted by Gasteiger charge is -2.26. The molecule has 0 fully saturated rings. The molecule has 0 saturated carbocycles. The minimum atomic E-state index is -0.276. The number of hydrogen-bond acceptors (Lipinski definition) is 7. The second-order valence-corrected chi connectivity index (χ2v) is 7.70. The van der Waals surface area contributed by atoms with Crippen LogP contribution in [-0.2, 0) is 25.7 Å². The van der Waals surface area contributed by atoms with E-state index in [4.69, 9.17) is 14.2 Å². The molecular weight excluding hydrogens is 422 g/mol. The summed E-state index contributed by atoms with van der Waals surface area (Å²) in [6, 6.07) is 15.4. The number of rotatable bonds is 15. The van der Waals surface area contributed by atoms with Crippen LogP contribution < -0.4 is 9.64 Å². The molecule has 0 aliphatic carbocycles. The van der Waals surface area contributed by atoms with Crippen molar-refractivity contribution in [3.05, 3.63) is 59.7 Å². The normalized spacial score (nSPS) is 10.4. The number of carbonyl (C=O) groups excluding carboxylic acids is 3. The van der Waals surface area contributed by atoms with E-state index in [0.29, 0.717) is 31.1 Å². The smallest absolute Gasteiger partial charge is 0.302 e. The molecule has 0 N–H and O–H groups in total. The maximum Gasteiger partial charge on any atom is 0.302 e. The molecule has 7 heteroatoms. The van der Waals surface area contributed by atoms with Crippen molar-refractivity contribution in [3.63, 3.8) is 0 Å². The number of carbonyl (C=O) groups is 3. The van der Waals surface area contributed by atoms with Gasteiger partial charge in [-0.1, -0.05) is 30.3 Å². The van der Waals surface area contributed by atoms with Crippen LogP contribution in [0.15, 0.2) is 48.5 Å². The van der Waals surface area contributed by atoms with Crippen molar-refractivity contribution in [1.82, 2.24) is 0 Å². The van der Waals surface area contributed by atoms with Gasteiger partial charge in [0, 0.05) is 38.7 Å². The molecule has 7 nitrogen and oxygen atoms in total. The Kier molecular flexibility index (Phi) is 11.5. The van der Waals surface area contributed by atoms with Crippen LogP contribution in [0.5, 0.6) is 5.75 Å². The first kappa shape index (κ1) is 25.9. The lowest BCUT2D eigenvalue weighted by atomic mass is 10.1. The SMILES string of the molecule is CC(=O)OCCCCN(CCCCOC(C)=O)c1ccc(C=O)c(OCc2ccccc2)c1. The van der Waals surface area contributed by atoms with Crippen LogP contribution in [0.3, 0.4) is 0 Å². The van der Waals surface area contributed by atoms with Gasteiger partial charge in [0.15, 0.2) is 6.29 Å². The summed E-state index contributed by atoms with van der Waals surface area (Å²) < 4.78 is 16.0. The summed E-state index contributed by atoms with van der Waals surface area (Å²) in [4.78, 5) is 35.7. The molecule has 178 valence electrons. The Morgan fingerprint density at radius 2 is 1.45 bits per heavy atom. The maximum absolute atomic E-state index is 11.5. The van der Waals surface area contributed by atoms with Crippen molar-refractivity contribution >= 4 is 23.9 Å². The highest BCUT2D eigenvalue weighted by molar-refractivity contribution is 5.80. The number of anilines is 1. The van der Waals surface area contributed by atoms with Gasteiger partial charge in [0.25, 0.3) is 0 Å². The zero-order valence-corrected chi connectivity index (χ0v) is 19.5. The summed E-state index contributed by atoms with van der Waals surface area (Å²) in [7, 11) is 0. The second kappa shape index (κ2) is 14.7. The van der Waals surface area contributed by atoms with Gasteiger partial charge in [0.2, 0.25) is 0 Å². The molecule has 2 rings (SSSR count). The highest BCUT2D eigenvalue weighted by atomic mass is 16.5. The second-order valence-electron chi connectivity index (χ2n) is 7.70. The predicted molar refractivity (Wildman–Crippen MR) is 127 cm³/mol. The number of esters is 2. The largest absolute Gasteiger partial charge is 0.488 e. The Morgan fingerprint density at radius 3 is 2.00 bits per heavy atom. The van der Waals surface area contributed by atoms with E-state index in [1.54, 1.807) is 6.07 Å². The van der Waals surface area contributed by atoms with Crippen LogP contribution in [0, 0.1) is 0 Å². The summed E-state index contributed by atoms with van der Waals surface area (Å²) in [6.07, 6.45) is 3.99. The standard InChI is InChI=1S/C26H33NO6/c1-21(29)31-16-8-6-14-27(15-7-9-17-32-22(2)30)25-13-12-24(19-28)26(18-25)33-20-23-10-4-3-5-11-23/h3-5,10-13,18-19H,6-9,14-17,20H2,1-2H3. The fourth-order valence-electron chi connectivity index (χ4n) is 3.29. The Hall–Kier alpha value is -3.35. The molecule has 0 aromatic heterocycles. The van der Waals surface area contributed by atoms with Gasteiger partial charge in [0.1, 0.15) is 12.4 Å². The molecule has 0 bridgehead atoms. The lowest BCUT2D eigenvalue weighted by Crippen LogP contribution is -2.26. The van der Waals surface area contributed by atoms with Crippen molar-refractivity contribution in [2.24, 2.45) is 0 Å². The number of hydrogen-bond donors (Lipinski definition) is 0. The number of nitrogens with zero attached hydrogens (tertiary/aromatic N) is 1. The summed E-state index contributed by atoms with van der Waals surface area (Å²) in [5.74, 6) is -0.0137. The molecule has 0 amide bonds. The van der Waals surface area contributed by atoms with E-state index in [0.717, 1.165) is 56.3 Å². The van der Waals surface area contributed by atoms with Crippen LogP contribution >= 0.6 is 0 Å². The third kappa shape index (κ3) is 10.2. The zero-order valence-electron chi connectivity index (χ0n) is 19.5. The molecule has 0 radical (unpaired) electrons. The Bertz CT molecular complexity index is 860. The Morgan fingerprint density at radius 1 is 0.848 bits per heavy atom. The number of ether oxygens (including phenoxy) is 3. The van der Waals surface area contributed by atoms with E-state index in [9.17, 15) is 14.4 Å². The minimum absolute atomic E-state index is 0.276. The lowest BCUT2D eigenvalue weighted by molar-refractivity contribution is -0.142. The van der Waals surface area contributed by atoms with Gasteiger partial charge in [0.05, 0.1) is 18.8 Å². The molecule has 33 heavy (non-hydrogen) atoms. The van der Waals surface area contributed by atoms with Gasteiger partial charge in [-0.05, 0) is 43.4 Å². The summed E-state index contributed by atoms with van der Waals surface area (Å²) in [5, 5.41) is 0. The van der Waals surface area contributed by atoms with Gasteiger partial charge < -0.3 is 19.1 Å². The number of benzene rings is 2. The molecule has 0 unspecified atom stereocenters. The average Bonchev–Trinajstić information content (AvgIpc) is 2.81. The van der Waals surface area contributed by atoms with Crippen molar-refractivity contribution < 1.29 is 28.6 Å². The van der Waals surface area contributed by atoms with Crippen molar-refractivity contribution in [2.75, 3.05) is 31.2 Å². The van der Waals surface area contributed by atoms with Crippen LogP contribution in [0.25, 0.3) is 0 Å². The van der Waals surface area contributed by atoms with Crippen molar-refractivity contribution in [2.45, 2.75) is 46.1 Å². The monoisotopic (exact) mass is 455 g/mol. The number of unbranched alkanes of at least 4 members (excludes halogenated alkanes) is 2. The molecule has 0 heterocycles. The summed E-state index contributed by atoms with van der Waals surface area (Å²) >= 11 is 0. The topological polar surface area (TPSA) is 82.1 Å². The molecule has 0 saturated heterocycles. The van der Waals surface area contributed by atoms with Gasteiger partial charge in [-0.3, -0.25) is 14.4 Å². The molecule has 2 aromatic rings. The van der Waals surface area contributed by atoms with E-state index in [1.807, 2.05) is 42.5 Å². The fraction of sp³-hybridized carbons (Fsp3) is 0.423. The van der Waals surface area contributed by atoms with Gasteiger partial charge in [-0.25, -0.2) is 0 Å². The first-order valence-corrected chi connectivity index (χ1v) is 11.3. The summed E-state index contributed by atoms with van der Waals surface area (Å²) in [5.41, 5.74) is 2.47. The van der Waals surface area contributed by atoms with E-state index in [1.165, 1.54) is 13.8 Å². The minimum Gasteiger partial charge on any atom is -0.488 e. The Labute approximate surface area is 195 Å². The van der Waals surface area contributed by atoms with E-state index < -0.39 is 0 Å². The van der Waals surface area contributed by atoms with E-state index in [-0.39, 0.29) is 11.9 Å². The fourth-order valence-corrected chi connectivity index (χ4v) is 3.29. The predicted octanol–water partition coefficient (Wildman–Crippen LogP) is 4.57. The van der Waals surface area contributed by atoms with Gasteiger partial charge in [-0.15, -0.1) is 0 Å². The molecular formula is C26H33NO6. The molecule has 0 aliphatic rings. The van der Waals surface area contributed by atoms with Crippen LogP contribution in [0.1, 0.15) is 55.5 Å². The van der Waals surface area contributed by atoms with E-state index in [2.05, 4.69) is 4.90 Å². The highest BCUT2D eigenvalue weighted by Crippen LogP contribution is 2.26. The quantitative estimate of drug-likeness (QED) is 0.221. The van der Waals surface area contributed by atoms with Crippen LogP contribution in [0.2, 0.25) is 0 Å². The molecule has 0 aliphatic heterocycles. The van der Waals surface area contributed by atoms with Crippen molar-refractivity contribution in [1.29, 1.82) is 0 Å². The van der Waals surface area contributed by atoms with Gasteiger partial charge >= 0.3 is 11.9 Å². The molecule has 0 spiro atoms. The van der Waals surface area contributed by atoms with Crippen LogP contribution in [-0.4, -0.2) is 44.5 Å². The average molecular weight is 456 g/mol. The Balaban J connectivity index is 2.05. The molecule has 0 atom stereocenters. The van der Waals surface area contributed by atoms with Crippen LogP contribution in [0.4, 0.5) is 5.69 Å². The third-order valence-electron chi connectivity index (χ3n) is 4.98. The maximum atomic E-state index is 11.5. The third-order valence-corrected chi connectivity index (χ3v) is 4.98. The molecule has 2 aromatic carbocycles. The first-order chi connectivity index (χ1) is 16.0. The zero-order chi connectivity index (χ0) is 23.9. The van der Waals surface area contributed by atoms with E-state index >= 15 is 0 Å². The summed E-state index contributed by atoms with van der Waals surface area (Å²) in [6.45, 7) is 5.48.